The largest absolute Gasteiger partial charge is 0.326 e. The minimum absolute atomic E-state index is 0.0985. The Morgan fingerprint density at radius 1 is 1.24 bits per heavy atom. The Morgan fingerprint density at radius 3 is 2.43 bits per heavy atom. The van der Waals surface area contributed by atoms with Crippen molar-refractivity contribution in [3.8, 4) is 0 Å². The van der Waals surface area contributed by atoms with Gasteiger partial charge < -0.3 is 5.32 Å². The number of amides is 3. The topological polar surface area (TPSA) is 86.8 Å². The lowest BCUT2D eigenvalue weighted by Crippen LogP contribution is -2.45. The highest BCUT2D eigenvalue weighted by Gasteiger charge is 2.39. The Hall–Kier alpha value is -1.15. The molecule has 2 aliphatic rings. The molecule has 0 aromatic rings. The molecule has 1 unspecified atom stereocenters. The van der Waals surface area contributed by atoms with E-state index in [0.29, 0.717) is 12.6 Å². The first kappa shape index (κ1) is 16.2. The number of urea groups is 1. The first-order valence-corrected chi connectivity index (χ1v) is 9.34. The van der Waals surface area contributed by atoms with E-state index in [2.05, 4.69) is 17.1 Å². The molecule has 2 heterocycles. The normalized spacial score (nSPS) is 25.4. The Balaban J connectivity index is 1.89. The first-order chi connectivity index (χ1) is 9.76. The van der Waals surface area contributed by atoms with Gasteiger partial charge in [0.25, 0.3) is 5.91 Å². The maximum atomic E-state index is 12.2. The molecule has 0 aromatic heterocycles. The zero-order valence-corrected chi connectivity index (χ0v) is 13.4. The standard InChI is InChI=1S/C13H23N3O4S/c1-10-3-6-15(7-4-10)9-16-12(17)11(14-13(16)18)5-8-21(2,19)20/h10-11H,3-9H2,1-2H3,(H,14,18). The molecule has 2 rings (SSSR count). The maximum absolute atomic E-state index is 12.2. The Bertz CT molecular complexity index is 512. The van der Waals surface area contributed by atoms with Crippen molar-refractivity contribution in [1.82, 2.24) is 15.1 Å². The van der Waals surface area contributed by atoms with Gasteiger partial charge in [0.2, 0.25) is 0 Å². The van der Waals surface area contributed by atoms with Gasteiger partial charge in [-0.1, -0.05) is 6.92 Å². The zero-order chi connectivity index (χ0) is 15.6. The number of piperidine rings is 1. The average molecular weight is 317 g/mol. The van der Waals surface area contributed by atoms with Crippen LogP contribution >= 0.6 is 0 Å². The van der Waals surface area contributed by atoms with Gasteiger partial charge in [0, 0.05) is 19.3 Å². The van der Waals surface area contributed by atoms with Gasteiger partial charge in [0.05, 0.1) is 12.4 Å². The van der Waals surface area contributed by atoms with Crippen LogP contribution in [0.5, 0.6) is 0 Å². The van der Waals surface area contributed by atoms with Crippen LogP contribution in [0.2, 0.25) is 0 Å². The number of nitrogens with one attached hydrogen (secondary N) is 1. The summed E-state index contributed by atoms with van der Waals surface area (Å²) in [7, 11) is -3.14. The van der Waals surface area contributed by atoms with Gasteiger partial charge in [0.1, 0.15) is 15.9 Å². The van der Waals surface area contributed by atoms with Crippen molar-refractivity contribution in [2.75, 3.05) is 31.8 Å². The van der Waals surface area contributed by atoms with Crippen LogP contribution in [-0.2, 0) is 14.6 Å². The first-order valence-electron chi connectivity index (χ1n) is 7.28. The second kappa shape index (κ2) is 6.31. The summed E-state index contributed by atoms with van der Waals surface area (Å²) >= 11 is 0. The molecule has 0 aromatic carbocycles. The second-order valence-electron chi connectivity index (χ2n) is 6.13. The highest BCUT2D eigenvalue weighted by Crippen LogP contribution is 2.18. The van der Waals surface area contributed by atoms with E-state index in [-0.39, 0.29) is 18.1 Å². The van der Waals surface area contributed by atoms with Gasteiger partial charge in [-0.05, 0) is 25.2 Å². The van der Waals surface area contributed by atoms with Gasteiger partial charge >= 0.3 is 6.03 Å². The molecule has 8 heteroatoms. The predicted molar refractivity (Wildman–Crippen MR) is 78.3 cm³/mol. The van der Waals surface area contributed by atoms with Crippen LogP contribution < -0.4 is 5.32 Å². The van der Waals surface area contributed by atoms with Crippen LogP contribution in [0.1, 0.15) is 26.2 Å². The fourth-order valence-electron chi connectivity index (χ4n) is 2.64. The van der Waals surface area contributed by atoms with Gasteiger partial charge in [-0.25, -0.2) is 18.1 Å². The Labute approximate surface area is 125 Å². The third-order valence-corrected chi connectivity index (χ3v) is 5.08. The minimum Gasteiger partial charge on any atom is -0.326 e. The number of hydrogen-bond donors (Lipinski definition) is 1. The summed E-state index contributed by atoms with van der Waals surface area (Å²) in [5.41, 5.74) is 0. The fourth-order valence-corrected chi connectivity index (χ4v) is 3.31. The molecular weight excluding hydrogens is 294 g/mol. The van der Waals surface area contributed by atoms with Crippen LogP contribution in [0.25, 0.3) is 0 Å². The van der Waals surface area contributed by atoms with Crippen LogP contribution in [0.15, 0.2) is 0 Å². The van der Waals surface area contributed by atoms with E-state index in [4.69, 9.17) is 0 Å². The maximum Gasteiger partial charge on any atom is 0.325 e. The number of likely N-dealkylation sites (tertiary alicyclic amines) is 1. The molecule has 120 valence electrons. The van der Waals surface area contributed by atoms with E-state index >= 15 is 0 Å². The molecule has 7 nitrogen and oxygen atoms in total. The van der Waals surface area contributed by atoms with Crippen LogP contribution in [0.3, 0.4) is 0 Å². The van der Waals surface area contributed by atoms with E-state index in [1.54, 1.807) is 0 Å². The molecule has 1 N–H and O–H groups in total. The molecule has 21 heavy (non-hydrogen) atoms. The number of sulfone groups is 1. The molecule has 2 aliphatic heterocycles. The third kappa shape index (κ3) is 4.41. The number of rotatable bonds is 5. The molecule has 0 radical (unpaired) electrons. The van der Waals surface area contributed by atoms with E-state index in [0.717, 1.165) is 32.2 Å². The zero-order valence-electron chi connectivity index (χ0n) is 12.5. The molecule has 0 aliphatic carbocycles. The van der Waals surface area contributed by atoms with Crippen molar-refractivity contribution in [3.05, 3.63) is 0 Å². The van der Waals surface area contributed by atoms with Gasteiger partial charge in [-0.2, -0.15) is 0 Å². The highest BCUT2D eigenvalue weighted by molar-refractivity contribution is 7.90. The van der Waals surface area contributed by atoms with Crippen molar-refractivity contribution < 1.29 is 18.0 Å². The summed E-state index contributed by atoms with van der Waals surface area (Å²) in [6.45, 7) is 4.26. The van der Waals surface area contributed by atoms with Crippen LogP contribution in [-0.4, -0.2) is 68.0 Å². The number of imide groups is 1. The summed E-state index contributed by atoms with van der Waals surface area (Å²) in [6.07, 6.45) is 3.40. The van der Waals surface area contributed by atoms with Gasteiger partial charge in [0.15, 0.2) is 0 Å². The highest BCUT2D eigenvalue weighted by atomic mass is 32.2. The lowest BCUT2D eigenvalue weighted by atomic mass is 10.00. The van der Waals surface area contributed by atoms with Crippen LogP contribution in [0.4, 0.5) is 4.79 Å². The molecule has 0 spiro atoms. The second-order valence-corrected chi connectivity index (χ2v) is 8.39. The SMILES string of the molecule is CC1CCN(CN2C(=O)NC(CCS(C)(=O)=O)C2=O)CC1. The Kier molecular flexibility index (Phi) is 4.88. The quantitative estimate of drug-likeness (QED) is 0.723. The van der Waals surface area contributed by atoms with E-state index in [1.807, 2.05) is 0 Å². The summed E-state index contributed by atoms with van der Waals surface area (Å²) in [5.74, 6) is 0.271. The predicted octanol–water partition coefficient (Wildman–Crippen LogP) is 0.0309. The molecule has 1 atom stereocenters. The molecular formula is C13H23N3O4S. The Morgan fingerprint density at radius 2 is 1.86 bits per heavy atom. The summed E-state index contributed by atoms with van der Waals surface area (Å²) < 4.78 is 22.3. The van der Waals surface area contributed by atoms with Crippen LogP contribution in [0, 0.1) is 5.92 Å². The molecule has 3 amide bonds. The average Bonchev–Trinajstić information content (AvgIpc) is 2.66. The molecule has 2 fully saturated rings. The molecule has 0 bridgehead atoms. The summed E-state index contributed by atoms with van der Waals surface area (Å²) in [5, 5.41) is 2.57. The van der Waals surface area contributed by atoms with Gasteiger partial charge in [-0.15, -0.1) is 0 Å². The smallest absolute Gasteiger partial charge is 0.325 e. The number of hydrogen-bond acceptors (Lipinski definition) is 5. The molecule has 2 saturated heterocycles. The van der Waals surface area contributed by atoms with Crippen molar-refractivity contribution in [2.45, 2.75) is 32.2 Å². The van der Waals surface area contributed by atoms with Crippen molar-refractivity contribution in [1.29, 1.82) is 0 Å². The van der Waals surface area contributed by atoms with Crippen molar-refractivity contribution >= 4 is 21.8 Å². The third-order valence-electron chi connectivity index (χ3n) is 4.10. The number of carbonyl (C=O) groups excluding carboxylic acids is 2. The van der Waals surface area contributed by atoms with Gasteiger partial charge in [-0.3, -0.25) is 9.69 Å². The number of carbonyl (C=O) groups is 2. The summed E-state index contributed by atoms with van der Waals surface area (Å²) in [4.78, 5) is 27.4. The monoisotopic (exact) mass is 317 g/mol. The fraction of sp³-hybridized carbons (Fsp3) is 0.846. The van der Waals surface area contributed by atoms with E-state index in [1.165, 1.54) is 4.90 Å². The summed E-state index contributed by atoms with van der Waals surface area (Å²) in [6, 6.07) is -1.13. The molecule has 0 saturated carbocycles. The number of nitrogens with zero attached hydrogens (tertiary/aromatic N) is 2. The lowest BCUT2D eigenvalue weighted by molar-refractivity contribution is -0.129. The van der Waals surface area contributed by atoms with E-state index in [9.17, 15) is 18.0 Å². The van der Waals surface area contributed by atoms with Crippen molar-refractivity contribution in [2.24, 2.45) is 5.92 Å². The lowest BCUT2D eigenvalue weighted by Gasteiger charge is -2.32. The minimum atomic E-state index is -3.14. The van der Waals surface area contributed by atoms with Crippen molar-refractivity contribution in [3.63, 3.8) is 0 Å². The van der Waals surface area contributed by atoms with E-state index < -0.39 is 21.9 Å².